The molecule has 6 nitrogen and oxygen atoms in total. The van der Waals surface area contributed by atoms with Crippen LogP contribution in [0.15, 0.2) is 16.9 Å². The third-order valence-electron chi connectivity index (χ3n) is 3.31. The molecule has 22 heavy (non-hydrogen) atoms. The molecule has 8 heteroatoms. The van der Waals surface area contributed by atoms with E-state index in [1.807, 2.05) is 13.8 Å². The molecule has 2 rings (SSSR count). The van der Waals surface area contributed by atoms with Gasteiger partial charge in [0.25, 0.3) is 5.91 Å². The number of amides is 1. The molecule has 0 unspecified atom stereocenters. The number of halogens is 2. The van der Waals surface area contributed by atoms with E-state index in [9.17, 15) is 13.6 Å². The fourth-order valence-corrected chi connectivity index (χ4v) is 2.16. The van der Waals surface area contributed by atoms with Crippen molar-refractivity contribution in [3.05, 3.63) is 35.2 Å². The summed E-state index contributed by atoms with van der Waals surface area (Å²) in [6.45, 7) is 2.74. The minimum Gasteiger partial charge on any atom is -0.360 e. The molecule has 0 atom stereocenters. The molecule has 0 fully saturated rings. The van der Waals surface area contributed by atoms with Crippen LogP contribution in [0.1, 0.15) is 54.0 Å². The van der Waals surface area contributed by atoms with Gasteiger partial charge in [-0.05, 0) is 6.92 Å². The second-order valence-electron chi connectivity index (χ2n) is 5.35. The fraction of sp³-hybridized carbons (Fsp3) is 0.500. The molecule has 120 valence electrons. The molecular formula is C14H18F2N4O2. The summed E-state index contributed by atoms with van der Waals surface area (Å²) in [5.74, 6) is 0.278. The van der Waals surface area contributed by atoms with Gasteiger partial charge in [0.2, 0.25) is 0 Å². The van der Waals surface area contributed by atoms with Crippen LogP contribution in [-0.2, 0) is 6.54 Å². The third-order valence-corrected chi connectivity index (χ3v) is 3.31. The molecule has 0 saturated carbocycles. The smallest absolute Gasteiger partial charge is 0.319 e. The van der Waals surface area contributed by atoms with Crippen LogP contribution in [0.4, 0.5) is 8.78 Å². The Labute approximate surface area is 126 Å². The number of hydrogen-bond donors (Lipinski definition) is 0. The lowest BCUT2D eigenvalue weighted by Crippen LogP contribution is -2.29. The highest BCUT2D eigenvalue weighted by Gasteiger charge is 2.26. The molecule has 0 aromatic carbocycles. The van der Waals surface area contributed by atoms with Gasteiger partial charge in [0, 0.05) is 25.4 Å². The highest BCUT2D eigenvalue weighted by atomic mass is 19.3. The Morgan fingerprint density at radius 1 is 1.45 bits per heavy atom. The Balaban J connectivity index is 2.23. The van der Waals surface area contributed by atoms with E-state index in [1.165, 1.54) is 24.3 Å². The monoisotopic (exact) mass is 312 g/mol. The number of imidazole rings is 1. The van der Waals surface area contributed by atoms with Gasteiger partial charge in [-0.1, -0.05) is 19.0 Å². The van der Waals surface area contributed by atoms with E-state index in [-0.39, 0.29) is 24.2 Å². The summed E-state index contributed by atoms with van der Waals surface area (Å²) in [7, 11) is 1.53. The predicted octanol–water partition coefficient (Wildman–Crippen LogP) is 2.97. The van der Waals surface area contributed by atoms with E-state index in [0.717, 1.165) is 4.57 Å². The van der Waals surface area contributed by atoms with Crippen LogP contribution < -0.4 is 0 Å². The summed E-state index contributed by atoms with van der Waals surface area (Å²) in [5.41, 5.74) is 0.866. The first kappa shape index (κ1) is 16.1. The van der Waals surface area contributed by atoms with E-state index in [2.05, 4.69) is 10.1 Å². The van der Waals surface area contributed by atoms with Crippen LogP contribution in [0.25, 0.3) is 0 Å². The number of hydrogen-bond acceptors (Lipinski definition) is 4. The van der Waals surface area contributed by atoms with E-state index in [4.69, 9.17) is 4.52 Å². The van der Waals surface area contributed by atoms with Gasteiger partial charge >= 0.3 is 6.55 Å². The zero-order valence-corrected chi connectivity index (χ0v) is 12.9. The largest absolute Gasteiger partial charge is 0.360 e. The summed E-state index contributed by atoms with van der Waals surface area (Å²) < 4.78 is 31.5. The quantitative estimate of drug-likeness (QED) is 0.851. The average Bonchev–Trinajstić information content (AvgIpc) is 3.04. The van der Waals surface area contributed by atoms with Gasteiger partial charge in [-0.3, -0.25) is 9.36 Å². The van der Waals surface area contributed by atoms with Gasteiger partial charge in [-0.2, -0.15) is 8.78 Å². The second kappa shape index (κ2) is 6.25. The lowest BCUT2D eigenvalue weighted by molar-refractivity contribution is 0.0611. The Bertz CT molecular complexity index is 664. The van der Waals surface area contributed by atoms with E-state index in [0.29, 0.717) is 17.0 Å². The Morgan fingerprint density at radius 2 is 2.14 bits per heavy atom. The van der Waals surface area contributed by atoms with Gasteiger partial charge in [0.1, 0.15) is 11.4 Å². The molecule has 0 saturated heterocycles. The number of aryl methyl sites for hydroxylation is 1. The number of aromatic nitrogens is 3. The molecule has 0 radical (unpaired) electrons. The van der Waals surface area contributed by atoms with E-state index >= 15 is 0 Å². The van der Waals surface area contributed by atoms with Crippen LogP contribution in [-0.4, -0.2) is 32.6 Å². The van der Waals surface area contributed by atoms with Crippen LogP contribution in [0.2, 0.25) is 0 Å². The second-order valence-corrected chi connectivity index (χ2v) is 5.35. The molecule has 2 heterocycles. The SMILES string of the molecule is Cc1noc(C(C)C)c1C(=O)N(C)Cc1nccn1C(F)F. The molecule has 1 amide bonds. The predicted molar refractivity (Wildman–Crippen MR) is 74.6 cm³/mol. The molecule has 0 aliphatic heterocycles. The zero-order chi connectivity index (χ0) is 16.4. The number of alkyl halides is 2. The van der Waals surface area contributed by atoms with Crippen molar-refractivity contribution in [3.63, 3.8) is 0 Å². The summed E-state index contributed by atoms with van der Waals surface area (Å²) in [6, 6.07) is 0. The van der Waals surface area contributed by atoms with Gasteiger partial charge in [0.15, 0.2) is 5.76 Å². The number of nitrogens with zero attached hydrogens (tertiary/aromatic N) is 4. The molecule has 0 aliphatic carbocycles. The molecule has 0 aliphatic rings. The minimum atomic E-state index is -2.69. The molecule has 2 aromatic rings. The molecule has 0 N–H and O–H groups in total. The number of rotatable bonds is 5. The molecule has 0 spiro atoms. The van der Waals surface area contributed by atoms with Crippen molar-refractivity contribution in [1.29, 1.82) is 0 Å². The summed E-state index contributed by atoms with van der Waals surface area (Å²) in [6.07, 6.45) is 2.46. The molecule has 2 aromatic heterocycles. The Morgan fingerprint density at radius 3 is 2.73 bits per heavy atom. The highest BCUT2D eigenvalue weighted by molar-refractivity contribution is 5.96. The van der Waals surface area contributed by atoms with Crippen LogP contribution >= 0.6 is 0 Å². The van der Waals surface area contributed by atoms with Crippen molar-refractivity contribution in [2.24, 2.45) is 0 Å². The first-order chi connectivity index (χ1) is 10.3. The average molecular weight is 312 g/mol. The van der Waals surface area contributed by atoms with Crippen molar-refractivity contribution in [2.75, 3.05) is 7.05 Å². The Kier molecular flexibility index (Phi) is 4.58. The number of carbonyl (C=O) groups is 1. The molecule has 0 bridgehead atoms. The topological polar surface area (TPSA) is 64.2 Å². The maximum Gasteiger partial charge on any atom is 0.319 e. The fourth-order valence-electron chi connectivity index (χ4n) is 2.16. The van der Waals surface area contributed by atoms with Gasteiger partial charge < -0.3 is 9.42 Å². The zero-order valence-electron chi connectivity index (χ0n) is 12.9. The Hall–Kier alpha value is -2.25. The maximum atomic E-state index is 12.8. The first-order valence-electron chi connectivity index (χ1n) is 6.84. The third kappa shape index (κ3) is 3.00. The van der Waals surface area contributed by atoms with E-state index in [1.54, 1.807) is 6.92 Å². The lowest BCUT2D eigenvalue weighted by atomic mass is 10.0. The maximum absolute atomic E-state index is 12.8. The van der Waals surface area contributed by atoms with Crippen LogP contribution in [0, 0.1) is 6.92 Å². The van der Waals surface area contributed by atoms with E-state index < -0.39 is 6.55 Å². The normalized spacial score (nSPS) is 11.5. The molecular weight excluding hydrogens is 294 g/mol. The van der Waals surface area contributed by atoms with Crippen LogP contribution in [0.5, 0.6) is 0 Å². The van der Waals surface area contributed by atoms with Gasteiger partial charge in [0.05, 0.1) is 12.2 Å². The number of carbonyl (C=O) groups excluding carboxylic acids is 1. The first-order valence-corrected chi connectivity index (χ1v) is 6.84. The summed E-state index contributed by atoms with van der Waals surface area (Å²) >= 11 is 0. The van der Waals surface area contributed by atoms with Gasteiger partial charge in [-0.15, -0.1) is 0 Å². The minimum absolute atomic E-state index is 0.00315. The van der Waals surface area contributed by atoms with Gasteiger partial charge in [-0.25, -0.2) is 4.98 Å². The highest BCUT2D eigenvalue weighted by Crippen LogP contribution is 2.24. The van der Waals surface area contributed by atoms with Crippen molar-refractivity contribution < 1.29 is 18.1 Å². The summed E-state index contributed by atoms with van der Waals surface area (Å²) in [4.78, 5) is 17.8. The van der Waals surface area contributed by atoms with Crippen LogP contribution in [0.3, 0.4) is 0 Å². The summed E-state index contributed by atoms with van der Waals surface area (Å²) in [5, 5.41) is 3.82. The van der Waals surface area contributed by atoms with Crippen molar-refractivity contribution in [1.82, 2.24) is 19.6 Å². The lowest BCUT2D eigenvalue weighted by Gasteiger charge is -2.18. The standard InChI is InChI=1S/C14H18F2N4O2/c1-8(2)12-11(9(3)18-22-12)13(21)19(4)7-10-17-5-6-20(10)14(15)16/h5-6,8,14H,7H2,1-4H3. The van der Waals surface area contributed by atoms with Crippen molar-refractivity contribution in [3.8, 4) is 0 Å². The van der Waals surface area contributed by atoms with Crippen molar-refractivity contribution >= 4 is 5.91 Å². The van der Waals surface area contributed by atoms with Crippen molar-refractivity contribution in [2.45, 2.75) is 39.8 Å².